The monoisotopic (exact) mass is 309 g/mol. The third kappa shape index (κ3) is 2.14. The molecule has 1 aliphatic carbocycles. The number of ether oxygens (including phenoxy) is 1. The molecule has 3 nitrogen and oxygen atoms in total. The van der Waals surface area contributed by atoms with Crippen molar-refractivity contribution in [2.75, 3.05) is 25.1 Å². The largest absolute Gasteiger partial charge is 0.465 e. The maximum absolute atomic E-state index is 11.8. The minimum atomic E-state index is -0.235. The SMILES string of the molecule is COC(=O)c1cc(Br)cc2c1CCN2CC1CC1. The average Bonchev–Trinajstić information content (AvgIpc) is 3.09. The molecule has 0 aromatic heterocycles. The molecule has 1 aromatic carbocycles. The molecule has 2 aliphatic rings. The van der Waals surface area contributed by atoms with Gasteiger partial charge in [0, 0.05) is 23.2 Å². The molecule has 96 valence electrons. The van der Waals surface area contributed by atoms with E-state index in [-0.39, 0.29) is 5.97 Å². The van der Waals surface area contributed by atoms with Crippen LogP contribution in [0.15, 0.2) is 16.6 Å². The van der Waals surface area contributed by atoms with Crippen molar-refractivity contribution in [1.82, 2.24) is 0 Å². The second kappa shape index (κ2) is 4.57. The molecule has 0 bridgehead atoms. The molecule has 1 heterocycles. The molecule has 0 saturated heterocycles. The fraction of sp³-hybridized carbons (Fsp3) is 0.500. The Morgan fingerprint density at radius 1 is 1.50 bits per heavy atom. The van der Waals surface area contributed by atoms with Gasteiger partial charge in [0.1, 0.15) is 0 Å². The van der Waals surface area contributed by atoms with Crippen LogP contribution in [0.3, 0.4) is 0 Å². The molecule has 0 unspecified atom stereocenters. The van der Waals surface area contributed by atoms with Crippen molar-refractivity contribution in [1.29, 1.82) is 0 Å². The van der Waals surface area contributed by atoms with E-state index < -0.39 is 0 Å². The fourth-order valence-corrected chi connectivity index (χ4v) is 3.07. The molecular weight excluding hydrogens is 294 g/mol. The van der Waals surface area contributed by atoms with Crippen LogP contribution >= 0.6 is 15.9 Å². The zero-order chi connectivity index (χ0) is 12.7. The molecule has 0 amide bonds. The Balaban J connectivity index is 1.96. The van der Waals surface area contributed by atoms with E-state index in [0.717, 1.165) is 35.5 Å². The molecule has 0 spiro atoms. The van der Waals surface area contributed by atoms with E-state index in [2.05, 4.69) is 26.9 Å². The second-order valence-electron chi connectivity index (χ2n) is 5.08. The lowest BCUT2D eigenvalue weighted by Crippen LogP contribution is -2.22. The lowest BCUT2D eigenvalue weighted by Gasteiger charge is -2.19. The standard InChI is InChI=1S/C14H16BrNO2/c1-18-14(17)12-6-10(15)7-13-11(12)4-5-16(13)8-9-2-3-9/h6-7,9H,2-5,8H2,1H3. The summed E-state index contributed by atoms with van der Waals surface area (Å²) in [5, 5.41) is 0. The molecule has 1 aliphatic heterocycles. The normalized spacial score (nSPS) is 17.8. The molecule has 18 heavy (non-hydrogen) atoms. The third-order valence-electron chi connectivity index (χ3n) is 3.74. The maximum Gasteiger partial charge on any atom is 0.338 e. The number of hydrogen-bond acceptors (Lipinski definition) is 3. The van der Waals surface area contributed by atoms with Crippen molar-refractivity contribution in [2.45, 2.75) is 19.3 Å². The summed E-state index contributed by atoms with van der Waals surface area (Å²) < 4.78 is 5.82. The van der Waals surface area contributed by atoms with Crippen molar-refractivity contribution >= 4 is 27.6 Å². The predicted molar refractivity (Wildman–Crippen MR) is 74.1 cm³/mol. The smallest absolute Gasteiger partial charge is 0.338 e. The van der Waals surface area contributed by atoms with Gasteiger partial charge in [-0.2, -0.15) is 0 Å². The predicted octanol–water partition coefficient (Wildman–Crippen LogP) is 3.01. The van der Waals surface area contributed by atoms with Crippen molar-refractivity contribution in [2.24, 2.45) is 5.92 Å². The number of carbonyl (C=O) groups is 1. The number of anilines is 1. The first-order chi connectivity index (χ1) is 8.69. The van der Waals surface area contributed by atoms with Crippen molar-refractivity contribution in [3.8, 4) is 0 Å². The van der Waals surface area contributed by atoms with Gasteiger partial charge in [-0.1, -0.05) is 15.9 Å². The number of fused-ring (bicyclic) bond motifs is 1. The highest BCUT2D eigenvalue weighted by Gasteiger charge is 2.30. The van der Waals surface area contributed by atoms with Gasteiger partial charge in [0.25, 0.3) is 0 Å². The summed E-state index contributed by atoms with van der Waals surface area (Å²) in [4.78, 5) is 14.2. The molecule has 0 radical (unpaired) electrons. The van der Waals surface area contributed by atoms with Crippen molar-refractivity contribution in [3.05, 3.63) is 27.7 Å². The Hall–Kier alpha value is -1.03. The van der Waals surface area contributed by atoms with Gasteiger partial charge in [-0.3, -0.25) is 0 Å². The van der Waals surface area contributed by atoms with Gasteiger partial charge in [-0.05, 0) is 42.9 Å². The first kappa shape index (κ1) is 12.0. The minimum absolute atomic E-state index is 0.235. The number of carbonyl (C=O) groups excluding carboxylic acids is 1. The molecule has 1 saturated carbocycles. The molecule has 1 aromatic rings. The summed E-state index contributed by atoms with van der Waals surface area (Å²) in [7, 11) is 1.44. The Labute approximate surface area is 115 Å². The van der Waals surface area contributed by atoms with Gasteiger partial charge in [-0.25, -0.2) is 4.79 Å². The van der Waals surface area contributed by atoms with Crippen LogP contribution < -0.4 is 4.90 Å². The summed E-state index contributed by atoms with van der Waals surface area (Å²) in [5.41, 5.74) is 3.06. The molecule has 0 N–H and O–H groups in total. The average molecular weight is 310 g/mol. The van der Waals surface area contributed by atoms with Crippen LogP contribution in [0.4, 0.5) is 5.69 Å². The van der Waals surface area contributed by atoms with Gasteiger partial charge in [-0.15, -0.1) is 0 Å². The van der Waals surface area contributed by atoms with E-state index in [0.29, 0.717) is 5.56 Å². The number of benzene rings is 1. The van der Waals surface area contributed by atoms with Crippen LogP contribution in [0, 0.1) is 5.92 Å². The van der Waals surface area contributed by atoms with Crippen molar-refractivity contribution in [3.63, 3.8) is 0 Å². The summed E-state index contributed by atoms with van der Waals surface area (Å²) in [6, 6.07) is 3.99. The molecular formula is C14H16BrNO2. The molecule has 3 rings (SSSR count). The van der Waals surface area contributed by atoms with Crippen LogP contribution in [0.2, 0.25) is 0 Å². The first-order valence-corrected chi connectivity index (χ1v) is 7.14. The number of hydrogen-bond donors (Lipinski definition) is 0. The molecule has 4 heteroatoms. The highest BCUT2D eigenvalue weighted by Crippen LogP contribution is 2.38. The van der Waals surface area contributed by atoms with Crippen LogP contribution in [0.5, 0.6) is 0 Å². The zero-order valence-corrected chi connectivity index (χ0v) is 12.0. The third-order valence-corrected chi connectivity index (χ3v) is 4.20. The Morgan fingerprint density at radius 2 is 2.28 bits per heavy atom. The van der Waals surface area contributed by atoms with E-state index in [1.165, 1.54) is 25.6 Å². The molecule has 1 fully saturated rings. The van der Waals surface area contributed by atoms with Crippen LogP contribution in [0.1, 0.15) is 28.8 Å². The van der Waals surface area contributed by atoms with E-state index in [1.54, 1.807) is 0 Å². The van der Waals surface area contributed by atoms with E-state index in [1.807, 2.05) is 6.07 Å². The van der Waals surface area contributed by atoms with Gasteiger partial charge in [0.05, 0.1) is 12.7 Å². The lowest BCUT2D eigenvalue weighted by molar-refractivity contribution is 0.0599. The lowest BCUT2D eigenvalue weighted by atomic mass is 10.1. The van der Waals surface area contributed by atoms with E-state index in [4.69, 9.17) is 4.74 Å². The van der Waals surface area contributed by atoms with E-state index in [9.17, 15) is 4.79 Å². The Kier molecular flexibility index (Phi) is 3.06. The minimum Gasteiger partial charge on any atom is -0.465 e. The van der Waals surface area contributed by atoms with Crippen LogP contribution in [-0.2, 0) is 11.2 Å². The van der Waals surface area contributed by atoms with Crippen LogP contribution in [-0.4, -0.2) is 26.2 Å². The highest BCUT2D eigenvalue weighted by molar-refractivity contribution is 9.10. The fourth-order valence-electron chi connectivity index (χ4n) is 2.63. The quantitative estimate of drug-likeness (QED) is 0.804. The van der Waals surface area contributed by atoms with E-state index >= 15 is 0 Å². The van der Waals surface area contributed by atoms with Crippen LogP contribution in [0.25, 0.3) is 0 Å². The molecule has 0 atom stereocenters. The Bertz CT molecular complexity index is 497. The number of halogens is 1. The summed E-state index contributed by atoms with van der Waals surface area (Å²) >= 11 is 3.49. The van der Waals surface area contributed by atoms with Gasteiger partial charge >= 0.3 is 5.97 Å². The Morgan fingerprint density at radius 3 is 2.94 bits per heavy atom. The number of methoxy groups -OCH3 is 1. The first-order valence-electron chi connectivity index (χ1n) is 6.34. The summed E-state index contributed by atoms with van der Waals surface area (Å²) in [6.07, 6.45) is 3.65. The summed E-state index contributed by atoms with van der Waals surface area (Å²) in [6.45, 7) is 2.15. The topological polar surface area (TPSA) is 29.5 Å². The van der Waals surface area contributed by atoms with Gasteiger partial charge in [0.2, 0.25) is 0 Å². The number of esters is 1. The number of rotatable bonds is 3. The second-order valence-corrected chi connectivity index (χ2v) is 6.00. The maximum atomic E-state index is 11.8. The van der Waals surface area contributed by atoms with Gasteiger partial charge < -0.3 is 9.64 Å². The zero-order valence-electron chi connectivity index (χ0n) is 10.4. The highest BCUT2D eigenvalue weighted by atomic mass is 79.9. The summed E-state index contributed by atoms with van der Waals surface area (Å²) in [5.74, 6) is 0.623. The number of nitrogens with zero attached hydrogens (tertiary/aromatic N) is 1. The van der Waals surface area contributed by atoms with Gasteiger partial charge in [0.15, 0.2) is 0 Å². The van der Waals surface area contributed by atoms with Crippen molar-refractivity contribution < 1.29 is 9.53 Å².